The van der Waals surface area contributed by atoms with Gasteiger partial charge in [0.05, 0.1) is 5.69 Å². The summed E-state index contributed by atoms with van der Waals surface area (Å²) < 4.78 is 0. The van der Waals surface area contributed by atoms with Crippen LogP contribution in [0, 0.1) is 19.3 Å². The minimum Gasteiger partial charge on any atom is -0.255 e. The minimum absolute atomic E-state index is 0.444. The minimum atomic E-state index is 0.444. The molecule has 32 heavy (non-hydrogen) atoms. The Labute approximate surface area is 191 Å². The topological polar surface area (TPSA) is 12.9 Å². The van der Waals surface area contributed by atoms with Gasteiger partial charge in [-0.2, -0.15) is 0 Å². The Balaban J connectivity index is 1.58. The first-order chi connectivity index (χ1) is 15.4. The van der Waals surface area contributed by atoms with Crippen LogP contribution >= 0.6 is 0 Å². The maximum atomic E-state index is 5.05. The summed E-state index contributed by atoms with van der Waals surface area (Å²) >= 11 is 0. The van der Waals surface area contributed by atoms with Crippen molar-refractivity contribution in [2.24, 2.45) is 5.41 Å². The molecule has 1 atom stereocenters. The van der Waals surface area contributed by atoms with E-state index in [1.165, 1.54) is 74.5 Å². The lowest BCUT2D eigenvalue weighted by atomic mass is 9.85. The van der Waals surface area contributed by atoms with Crippen molar-refractivity contribution in [3.05, 3.63) is 88.6 Å². The summed E-state index contributed by atoms with van der Waals surface area (Å²) in [5.41, 5.74) is 12.7. The summed E-state index contributed by atoms with van der Waals surface area (Å²) in [6, 6.07) is 20.5. The average molecular weight is 418 g/mol. The second-order valence-corrected chi connectivity index (χ2v) is 10.8. The number of aromatic nitrogens is 1. The summed E-state index contributed by atoms with van der Waals surface area (Å²) in [4.78, 5) is 5.05. The van der Waals surface area contributed by atoms with E-state index in [2.05, 4.69) is 88.5 Å². The van der Waals surface area contributed by atoms with Gasteiger partial charge in [0.15, 0.2) is 0 Å². The maximum Gasteiger partial charge on any atom is 0.0783 e. The van der Waals surface area contributed by atoms with Crippen molar-refractivity contribution in [2.75, 3.05) is 0 Å². The quantitative estimate of drug-likeness (QED) is 0.281. The number of hydrogen-bond acceptors (Lipinski definition) is 1. The molecule has 0 saturated heterocycles. The molecule has 1 heterocycles. The summed E-state index contributed by atoms with van der Waals surface area (Å²) in [6.45, 7) is 9.30. The second kappa shape index (κ2) is 7.04. The van der Waals surface area contributed by atoms with Crippen molar-refractivity contribution in [1.82, 2.24) is 4.98 Å². The molecule has 2 aliphatic rings. The van der Waals surface area contributed by atoms with Crippen LogP contribution in [-0.2, 0) is 6.42 Å². The molecule has 1 unspecified atom stereocenters. The van der Waals surface area contributed by atoms with Crippen LogP contribution in [0.5, 0.6) is 0 Å². The molecule has 0 aliphatic heterocycles. The smallest absolute Gasteiger partial charge is 0.0783 e. The largest absolute Gasteiger partial charge is 0.255 e. The van der Waals surface area contributed by atoms with Crippen molar-refractivity contribution in [1.29, 1.82) is 0 Å². The van der Waals surface area contributed by atoms with Gasteiger partial charge in [-0.3, -0.25) is 4.98 Å². The Kier molecular flexibility index (Phi) is 4.34. The van der Waals surface area contributed by atoms with E-state index in [-0.39, 0.29) is 0 Å². The molecule has 1 saturated carbocycles. The number of hydrogen-bond donors (Lipinski definition) is 0. The molecular weight excluding hydrogens is 386 g/mol. The monoisotopic (exact) mass is 417 g/mol. The second-order valence-electron chi connectivity index (χ2n) is 10.8. The van der Waals surface area contributed by atoms with Crippen molar-refractivity contribution in [3.8, 4) is 22.4 Å². The Morgan fingerprint density at radius 3 is 2.53 bits per heavy atom. The van der Waals surface area contributed by atoms with Crippen LogP contribution in [0.15, 0.2) is 60.8 Å². The van der Waals surface area contributed by atoms with Gasteiger partial charge in [-0.1, -0.05) is 62.4 Å². The number of pyridine rings is 1. The summed E-state index contributed by atoms with van der Waals surface area (Å²) in [5.74, 6) is 0.648. The number of benzene rings is 3. The van der Waals surface area contributed by atoms with E-state index >= 15 is 0 Å². The average Bonchev–Trinajstić information content (AvgIpc) is 3.33. The summed E-state index contributed by atoms with van der Waals surface area (Å²) in [6.07, 6.45) is 6.98. The Hall–Kier alpha value is -2.93. The Morgan fingerprint density at radius 2 is 1.72 bits per heavy atom. The van der Waals surface area contributed by atoms with Gasteiger partial charge < -0.3 is 0 Å². The van der Waals surface area contributed by atoms with Gasteiger partial charge in [0.1, 0.15) is 0 Å². The molecular formula is C31H31N. The Bertz CT molecular complexity index is 1380. The molecule has 1 aromatic heterocycles. The maximum absolute atomic E-state index is 5.05. The van der Waals surface area contributed by atoms with Crippen molar-refractivity contribution in [2.45, 2.75) is 59.3 Å². The first kappa shape index (κ1) is 19.7. The van der Waals surface area contributed by atoms with E-state index in [1.54, 1.807) is 0 Å². The van der Waals surface area contributed by atoms with Gasteiger partial charge in [0.25, 0.3) is 0 Å². The lowest BCUT2D eigenvalue weighted by Crippen LogP contribution is -2.05. The fourth-order valence-corrected chi connectivity index (χ4v) is 6.35. The molecule has 3 aromatic carbocycles. The summed E-state index contributed by atoms with van der Waals surface area (Å²) in [5, 5.41) is 2.75. The highest BCUT2D eigenvalue weighted by Gasteiger charge is 2.33. The number of nitrogens with zero attached hydrogens (tertiary/aromatic N) is 1. The predicted molar refractivity (Wildman–Crippen MR) is 135 cm³/mol. The van der Waals surface area contributed by atoms with Gasteiger partial charge in [0, 0.05) is 17.1 Å². The molecule has 0 radical (unpaired) electrons. The third-order valence-corrected chi connectivity index (χ3v) is 7.87. The predicted octanol–water partition coefficient (Wildman–Crippen LogP) is 8.38. The fraction of sp³-hybridized carbons (Fsp3) is 0.323. The molecule has 0 amide bonds. The van der Waals surface area contributed by atoms with E-state index in [9.17, 15) is 0 Å². The van der Waals surface area contributed by atoms with Crippen molar-refractivity contribution >= 4 is 10.8 Å². The third-order valence-electron chi connectivity index (χ3n) is 7.87. The molecule has 6 rings (SSSR count). The molecule has 2 aliphatic carbocycles. The highest BCUT2D eigenvalue weighted by atomic mass is 14.7. The van der Waals surface area contributed by atoms with Gasteiger partial charge in [-0.25, -0.2) is 0 Å². The van der Waals surface area contributed by atoms with E-state index in [0.29, 0.717) is 11.3 Å². The van der Waals surface area contributed by atoms with E-state index < -0.39 is 0 Å². The standard InChI is InChI=1S/C31H31N/c1-19-14-26-23-9-6-5-8-21(23)16-27(26)28(15-19)30-25-11-7-10-24(29(25)20(2)18-32-30)22-12-13-31(3,4)17-22/h5-11,14-15,18,22H,12-13,16-17H2,1-4H3. The SMILES string of the molecule is Cc1cc2c(c(-c3ncc(C)c4c(C5CCC(C)(C)C5)cccc34)c1)Cc1ccccc1-2. The van der Waals surface area contributed by atoms with Crippen molar-refractivity contribution < 1.29 is 0 Å². The summed E-state index contributed by atoms with van der Waals surface area (Å²) in [7, 11) is 0. The van der Waals surface area contributed by atoms with E-state index in [1.807, 2.05) is 0 Å². The van der Waals surface area contributed by atoms with Crippen LogP contribution in [0.3, 0.4) is 0 Å². The number of rotatable bonds is 2. The van der Waals surface area contributed by atoms with Gasteiger partial charge in [-0.15, -0.1) is 0 Å². The van der Waals surface area contributed by atoms with E-state index in [0.717, 1.165) is 12.1 Å². The van der Waals surface area contributed by atoms with Gasteiger partial charge in [0.2, 0.25) is 0 Å². The molecule has 160 valence electrons. The van der Waals surface area contributed by atoms with Gasteiger partial charge >= 0.3 is 0 Å². The Morgan fingerprint density at radius 1 is 0.906 bits per heavy atom. The van der Waals surface area contributed by atoms with Crippen molar-refractivity contribution in [3.63, 3.8) is 0 Å². The highest BCUT2D eigenvalue weighted by molar-refractivity contribution is 6.00. The van der Waals surface area contributed by atoms with Crippen LogP contribution < -0.4 is 0 Å². The molecule has 1 heteroatoms. The molecule has 0 N–H and O–H groups in total. The van der Waals surface area contributed by atoms with Crippen LogP contribution in [0.1, 0.15) is 66.8 Å². The fourth-order valence-electron chi connectivity index (χ4n) is 6.35. The first-order valence-electron chi connectivity index (χ1n) is 12.0. The van der Waals surface area contributed by atoms with Crippen LogP contribution in [0.4, 0.5) is 0 Å². The zero-order valence-corrected chi connectivity index (χ0v) is 19.6. The van der Waals surface area contributed by atoms with Gasteiger partial charge in [-0.05, 0) is 101 Å². The van der Waals surface area contributed by atoms with Crippen LogP contribution in [-0.4, -0.2) is 4.98 Å². The highest BCUT2D eigenvalue weighted by Crippen LogP contribution is 2.49. The molecule has 1 nitrogen and oxygen atoms in total. The normalized spacial score (nSPS) is 18.7. The zero-order valence-electron chi connectivity index (χ0n) is 19.6. The molecule has 0 spiro atoms. The number of fused-ring (bicyclic) bond motifs is 4. The van der Waals surface area contributed by atoms with Crippen LogP contribution in [0.2, 0.25) is 0 Å². The zero-order chi connectivity index (χ0) is 22.0. The first-order valence-corrected chi connectivity index (χ1v) is 12.0. The number of aryl methyl sites for hydroxylation is 2. The van der Waals surface area contributed by atoms with Crippen LogP contribution in [0.25, 0.3) is 33.2 Å². The lowest BCUT2D eigenvalue weighted by Gasteiger charge is -2.20. The molecule has 0 bridgehead atoms. The third kappa shape index (κ3) is 3.02. The molecule has 1 fully saturated rings. The molecule has 4 aromatic rings. The van der Waals surface area contributed by atoms with E-state index in [4.69, 9.17) is 4.98 Å². The lowest BCUT2D eigenvalue weighted by molar-refractivity contribution is 0.376.